The number of halogens is 2. The molecular weight excluding hydrogens is 513 g/mol. The normalized spacial score (nSPS) is 18.8. The maximum Gasteiger partial charge on any atom is 0.239 e. The molecule has 1 aromatic carbocycles. The maximum atomic E-state index is 12.7. The summed E-state index contributed by atoms with van der Waals surface area (Å²) in [6, 6.07) is 7.94. The molecule has 1 atom stereocenters. The first kappa shape index (κ1) is 25.2. The lowest BCUT2D eigenvalue weighted by Gasteiger charge is -2.39. The zero-order valence-corrected chi connectivity index (χ0v) is 21.2. The highest BCUT2D eigenvalue weighted by Crippen LogP contribution is 2.14. The lowest BCUT2D eigenvalue weighted by molar-refractivity contribution is -0.135. The molecule has 1 amide bonds. The molecule has 0 spiro atoms. The minimum atomic E-state index is -0.0281. The minimum Gasteiger partial charge on any atom is -0.357 e. The highest BCUT2D eigenvalue weighted by Gasteiger charge is 2.30. The third kappa shape index (κ3) is 6.99. The molecule has 8 heteroatoms. The van der Waals surface area contributed by atoms with Gasteiger partial charge in [-0.15, -0.1) is 24.0 Å². The van der Waals surface area contributed by atoms with Crippen LogP contribution in [0.15, 0.2) is 29.3 Å². The number of aliphatic imine (C=N–C) groups is 1. The molecular formula is C22H35ClIN5O. The molecule has 2 heterocycles. The quantitative estimate of drug-likeness (QED) is 0.338. The first-order valence-corrected chi connectivity index (χ1v) is 11.3. The van der Waals surface area contributed by atoms with Crippen LogP contribution in [0.25, 0.3) is 0 Å². The van der Waals surface area contributed by atoms with Gasteiger partial charge in [0.25, 0.3) is 0 Å². The monoisotopic (exact) mass is 547 g/mol. The van der Waals surface area contributed by atoms with Crippen LogP contribution in [0.5, 0.6) is 0 Å². The third-order valence-corrected chi connectivity index (χ3v) is 6.10. The number of nitrogens with one attached hydrogen (secondary N) is 1. The predicted octanol–water partition coefficient (Wildman–Crippen LogP) is 3.09. The smallest absolute Gasteiger partial charge is 0.239 e. The van der Waals surface area contributed by atoms with Gasteiger partial charge in [-0.25, -0.2) is 0 Å². The Kier molecular flexibility index (Phi) is 10.7. The molecule has 1 N–H and O–H groups in total. The van der Waals surface area contributed by atoms with Gasteiger partial charge in [0.1, 0.15) is 0 Å². The van der Waals surface area contributed by atoms with E-state index in [-0.39, 0.29) is 30.0 Å². The molecule has 0 aliphatic carbocycles. The van der Waals surface area contributed by atoms with E-state index in [0.29, 0.717) is 5.91 Å². The Morgan fingerprint density at radius 2 is 1.70 bits per heavy atom. The maximum absolute atomic E-state index is 12.7. The number of amides is 1. The zero-order valence-electron chi connectivity index (χ0n) is 18.1. The van der Waals surface area contributed by atoms with Gasteiger partial charge in [0.05, 0.1) is 6.04 Å². The number of guanidine groups is 1. The molecule has 30 heavy (non-hydrogen) atoms. The Hall–Kier alpha value is -1.06. The fourth-order valence-corrected chi connectivity index (χ4v) is 4.17. The number of hydrogen-bond acceptors (Lipinski definition) is 3. The highest BCUT2D eigenvalue weighted by molar-refractivity contribution is 14.0. The van der Waals surface area contributed by atoms with Crippen LogP contribution in [0.1, 0.15) is 32.3 Å². The Morgan fingerprint density at radius 3 is 2.30 bits per heavy atom. The van der Waals surface area contributed by atoms with Crippen LogP contribution in [0, 0.1) is 0 Å². The van der Waals surface area contributed by atoms with Crippen molar-refractivity contribution in [2.45, 2.75) is 39.2 Å². The van der Waals surface area contributed by atoms with Crippen LogP contribution >= 0.6 is 35.6 Å². The van der Waals surface area contributed by atoms with E-state index in [2.05, 4.69) is 41.1 Å². The first-order valence-electron chi connectivity index (χ1n) is 10.9. The number of hydrogen-bond donors (Lipinski definition) is 1. The number of benzene rings is 1. The van der Waals surface area contributed by atoms with Gasteiger partial charge < -0.3 is 15.1 Å². The van der Waals surface area contributed by atoms with Crippen molar-refractivity contribution in [2.75, 3.05) is 52.4 Å². The SMILES string of the molecule is CCNC(=NCCc1ccc(Cl)cc1)N1CCN(C(C)C(=O)N2CCCC2)CC1.I. The van der Waals surface area contributed by atoms with Crippen LogP contribution in [-0.4, -0.2) is 85.0 Å². The summed E-state index contributed by atoms with van der Waals surface area (Å²) in [7, 11) is 0. The van der Waals surface area contributed by atoms with E-state index in [1.807, 2.05) is 17.0 Å². The molecule has 0 aromatic heterocycles. The molecule has 2 fully saturated rings. The summed E-state index contributed by atoms with van der Waals surface area (Å²) in [4.78, 5) is 24.2. The molecule has 0 bridgehead atoms. The van der Waals surface area contributed by atoms with Crippen LogP contribution in [-0.2, 0) is 11.2 Å². The predicted molar refractivity (Wildman–Crippen MR) is 135 cm³/mol. The lowest BCUT2D eigenvalue weighted by atomic mass is 10.1. The van der Waals surface area contributed by atoms with Crippen molar-refractivity contribution in [3.05, 3.63) is 34.9 Å². The Morgan fingerprint density at radius 1 is 1.07 bits per heavy atom. The second kappa shape index (κ2) is 12.7. The van der Waals surface area contributed by atoms with Crippen molar-refractivity contribution in [3.63, 3.8) is 0 Å². The Bertz CT molecular complexity index is 685. The Labute approximate surface area is 203 Å². The van der Waals surface area contributed by atoms with Gasteiger partial charge in [-0.3, -0.25) is 14.7 Å². The molecule has 1 aromatic rings. The second-order valence-electron chi connectivity index (χ2n) is 7.84. The van der Waals surface area contributed by atoms with E-state index in [1.165, 1.54) is 5.56 Å². The van der Waals surface area contributed by atoms with Crippen molar-refractivity contribution >= 4 is 47.4 Å². The number of likely N-dealkylation sites (tertiary alicyclic amines) is 1. The molecule has 1 unspecified atom stereocenters. The van der Waals surface area contributed by atoms with Gasteiger partial charge in [-0.05, 0) is 50.8 Å². The fraction of sp³-hybridized carbons (Fsp3) is 0.636. The van der Waals surface area contributed by atoms with Gasteiger partial charge in [-0.1, -0.05) is 23.7 Å². The van der Waals surface area contributed by atoms with E-state index in [4.69, 9.17) is 16.6 Å². The summed E-state index contributed by atoms with van der Waals surface area (Å²) in [6.07, 6.45) is 3.18. The molecule has 3 rings (SSSR count). The van der Waals surface area contributed by atoms with E-state index in [0.717, 1.165) is 82.6 Å². The highest BCUT2D eigenvalue weighted by atomic mass is 127. The summed E-state index contributed by atoms with van der Waals surface area (Å²) in [5, 5.41) is 4.19. The van der Waals surface area contributed by atoms with Crippen molar-refractivity contribution in [2.24, 2.45) is 4.99 Å². The fourth-order valence-electron chi connectivity index (χ4n) is 4.05. The van der Waals surface area contributed by atoms with Gasteiger partial charge in [0.15, 0.2) is 5.96 Å². The Balaban J connectivity index is 0.00000320. The third-order valence-electron chi connectivity index (χ3n) is 5.85. The van der Waals surface area contributed by atoms with Gasteiger partial charge in [-0.2, -0.15) is 0 Å². The number of carbonyl (C=O) groups excluding carboxylic acids is 1. The average molecular weight is 548 g/mol. The van der Waals surface area contributed by atoms with Crippen molar-refractivity contribution in [1.82, 2.24) is 20.0 Å². The number of carbonyl (C=O) groups is 1. The molecule has 6 nitrogen and oxygen atoms in total. The average Bonchev–Trinajstić information content (AvgIpc) is 3.28. The molecule has 2 aliphatic rings. The minimum absolute atomic E-state index is 0. The van der Waals surface area contributed by atoms with Crippen LogP contribution in [0.4, 0.5) is 0 Å². The molecule has 2 aliphatic heterocycles. The molecule has 168 valence electrons. The largest absolute Gasteiger partial charge is 0.357 e. The van der Waals surface area contributed by atoms with E-state index in [1.54, 1.807) is 0 Å². The summed E-state index contributed by atoms with van der Waals surface area (Å²) in [5.74, 6) is 1.26. The summed E-state index contributed by atoms with van der Waals surface area (Å²) in [6.45, 7) is 11.2. The summed E-state index contributed by atoms with van der Waals surface area (Å²) < 4.78 is 0. The number of rotatable bonds is 6. The van der Waals surface area contributed by atoms with Gasteiger partial charge in [0, 0.05) is 57.4 Å². The number of nitrogens with zero attached hydrogens (tertiary/aromatic N) is 4. The van der Waals surface area contributed by atoms with Crippen LogP contribution in [0.2, 0.25) is 5.02 Å². The van der Waals surface area contributed by atoms with Crippen LogP contribution < -0.4 is 5.32 Å². The first-order chi connectivity index (χ1) is 14.1. The topological polar surface area (TPSA) is 51.2 Å². The molecule has 2 saturated heterocycles. The van der Waals surface area contributed by atoms with E-state index in [9.17, 15) is 4.79 Å². The lowest BCUT2D eigenvalue weighted by Crippen LogP contribution is -2.57. The van der Waals surface area contributed by atoms with Crippen molar-refractivity contribution in [3.8, 4) is 0 Å². The molecule has 0 radical (unpaired) electrons. The summed E-state index contributed by atoms with van der Waals surface area (Å²) >= 11 is 5.96. The van der Waals surface area contributed by atoms with Crippen LogP contribution in [0.3, 0.4) is 0 Å². The second-order valence-corrected chi connectivity index (χ2v) is 8.28. The van der Waals surface area contributed by atoms with Gasteiger partial charge in [0.2, 0.25) is 5.91 Å². The van der Waals surface area contributed by atoms with E-state index < -0.39 is 0 Å². The number of piperazine rings is 1. The van der Waals surface area contributed by atoms with Gasteiger partial charge >= 0.3 is 0 Å². The van der Waals surface area contributed by atoms with E-state index >= 15 is 0 Å². The zero-order chi connectivity index (χ0) is 20.6. The van der Waals surface area contributed by atoms with Crippen molar-refractivity contribution < 1.29 is 4.79 Å². The summed E-state index contributed by atoms with van der Waals surface area (Å²) in [5.41, 5.74) is 1.24. The molecule has 0 saturated carbocycles. The standard InChI is InChI=1S/C22H34ClN5O.HI/c1-3-24-22(25-11-10-19-6-8-20(23)9-7-19)28-16-14-26(15-17-28)18(2)21(29)27-12-4-5-13-27;/h6-9,18H,3-5,10-17H2,1-2H3,(H,24,25);1H. The van der Waals surface area contributed by atoms with Crippen molar-refractivity contribution in [1.29, 1.82) is 0 Å².